The van der Waals surface area contributed by atoms with Crippen LogP contribution in [0, 0.1) is 22.7 Å². The number of hydrogen-bond donors (Lipinski definition) is 0. The third-order valence-corrected chi connectivity index (χ3v) is 10.6. The molecule has 0 atom stereocenters. The number of rotatable bonds is 4. The Morgan fingerprint density at radius 2 is 0.875 bits per heavy atom. The van der Waals surface area contributed by atoms with Crippen molar-refractivity contribution in [2.75, 3.05) is 14.2 Å². The highest BCUT2D eigenvalue weighted by atomic mass is 79.9. The molecule has 0 N–H and O–H groups in total. The van der Waals surface area contributed by atoms with E-state index in [1.165, 1.54) is 0 Å². The summed E-state index contributed by atoms with van der Waals surface area (Å²) in [4.78, 5) is 0. The zero-order chi connectivity index (χ0) is 36.5. The van der Waals surface area contributed by atoms with E-state index in [-0.39, 0.29) is 22.4 Å². The molecule has 3 aliphatic rings. The molecule has 10 nitrogen and oxygen atoms in total. The van der Waals surface area contributed by atoms with Crippen LogP contribution < -0.4 is 14.9 Å². The van der Waals surface area contributed by atoms with Gasteiger partial charge in [-0.1, -0.05) is 6.07 Å². The van der Waals surface area contributed by atoms with Gasteiger partial charge in [-0.3, -0.25) is 0 Å². The molecular weight excluding hydrogens is 677 g/mol. The van der Waals surface area contributed by atoms with Gasteiger partial charge in [0.15, 0.2) is 0 Å². The first-order chi connectivity index (χ1) is 22.0. The first-order valence-electron chi connectivity index (χ1n) is 15.8. The molecule has 3 saturated heterocycles. The van der Waals surface area contributed by atoms with Crippen molar-refractivity contribution in [1.29, 1.82) is 10.5 Å². The van der Waals surface area contributed by atoms with Crippen molar-refractivity contribution in [3.8, 4) is 23.6 Å². The van der Waals surface area contributed by atoms with Gasteiger partial charge in [0, 0.05) is 5.46 Å². The zero-order valence-electron chi connectivity index (χ0n) is 30.7. The molecule has 0 aromatic heterocycles. The molecule has 0 amide bonds. The summed E-state index contributed by atoms with van der Waals surface area (Å²) >= 11 is 3.29. The monoisotopic (exact) mass is 724 g/mol. The highest BCUT2D eigenvalue weighted by Gasteiger charge is 2.63. The molecular formula is C34H48B3BrN2O8. The number of benzene rings is 2. The maximum Gasteiger partial charge on any atom is 0.498 e. The lowest BCUT2D eigenvalue weighted by Crippen LogP contribution is -2.41. The van der Waals surface area contributed by atoms with Gasteiger partial charge >= 0.3 is 21.1 Å². The lowest BCUT2D eigenvalue weighted by atomic mass is 9.49. The lowest BCUT2D eigenvalue weighted by Gasteiger charge is -2.32. The van der Waals surface area contributed by atoms with E-state index in [0.29, 0.717) is 22.6 Å². The Balaban J connectivity index is 0.000000203. The van der Waals surface area contributed by atoms with E-state index < -0.39 is 32.3 Å². The Kier molecular flexibility index (Phi) is 11.9. The van der Waals surface area contributed by atoms with Crippen molar-refractivity contribution in [2.45, 2.75) is 117 Å². The zero-order valence-corrected chi connectivity index (χ0v) is 32.3. The normalized spacial score (nSPS) is 22.0. The Morgan fingerprint density at radius 1 is 0.542 bits per heavy atom. The second kappa shape index (κ2) is 14.4. The molecule has 48 heavy (non-hydrogen) atoms. The van der Waals surface area contributed by atoms with Crippen LogP contribution in [0.5, 0.6) is 11.5 Å². The van der Waals surface area contributed by atoms with Gasteiger partial charge in [-0.2, -0.15) is 10.5 Å². The summed E-state index contributed by atoms with van der Waals surface area (Å²) in [6, 6.07) is 14.6. The molecule has 0 saturated carbocycles. The van der Waals surface area contributed by atoms with Crippen LogP contribution in [0.3, 0.4) is 0 Å². The summed E-state index contributed by atoms with van der Waals surface area (Å²) in [5.41, 5.74) is -0.264. The summed E-state index contributed by atoms with van der Waals surface area (Å²) in [6.45, 7) is 24.2. The van der Waals surface area contributed by atoms with Gasteiger partial charge < -0.3 is 37.4 Å². The van der Waals surface area contributed by atoms with Gasteiger partial charge in [-0.25, -0.2) is 0 Å². The van der Waals surface area contributed by atoms with Gasteiger partial charge in [-0.05, 0) is 129 Å². The Bertz CT molecular complexity index is 1470. The standard InChI is InChI=1S/C14H18BNO3.C12H24B2O4.C8H6BrNO/c1-13(2)14(3,4)19-15(18-13)11-7-6-10(9-16)8-12(11)17-5;1-9(2)10(3,4)16-13(15-9)14-17-11(5,6)12(7,8)18-14;1-11-8-4-6(5-10)2-3-7(8)9/h6-8H,1-5H3;1-8H3;2-4H,1H3. The summed E-state index contributed by atoms with van der Waals surface area (Å²) in [6.07, 6.45) is 0. The van der Waals surface area contributed by atoms with Gasteiger partial charge in [0.2, 0.25) is 0 Å². The number of methoxy groups -OCH3 is 2. The number of halogens is 1. The van der Waals surface area contributed by atoms with Crippen LogP contribution in [-0.4, -0.2) is 69.0 Å². The summed E-state index contributed by atoms with van der Waals surface area (Å²) < 4.78 is 47.0. The second-order valence-corrected chi connectivity index (χ2v) is 15.7. The van der Waals surface area contributed by atoms with Crippen LogP contribution in [0.2, 0.25) is 0 Å². The van der Waals surface area contributed by atoms with Crippen LogP contribution in [-0.2, 0) is 27.9 Å². The van der Waals surface area contributed by atoms with Crippen LogP contribution in [0.15, 0.2) is 40.9 Å². The quantitative estimate of drug-likeness (QED) is 0.326. The fourth-order valence-electron chi connectivity index (χ4n) is 4.67. The summed E-state index contributed by atoms with van der Waals surface area (Å²) in [7, 11) is 1.71. The minimum absolute atomic E-state index is 0.360. The average Bonchev–Trinajstić information content (AvgIpc) is 3.46. The van der Waals surface area contributed by atoms with Gasteiger partial charge in [0.25, 0.3) is 0 Å². The molecule has 0 bridgehead atoms. The van der Waals surface area contributed by atoms with Gasteiger partial charge in [0.05, 0.1) is 75.6 Å². The molecule has 14 heteroatoms. The molecule has 0 radical (unpaired) electrons. The van der Waals surface area contributed by atoms with E-state index in [9.17, 15) is 0 Å². The average molecular weight is 725 g/mol. The van der Waals surface area contributed by atoms with E-state index >= 15 is 0 Å². The number of nitriles is 2. The minimum Gasteiger partial charge on any atom is -0.497 e. The molecule has 258 valence electrons. The van der Waals surface area contributed by atoms with Gasteiger partial charge in [0.1, 0.15) is 11.5 Å². The Labute approximate surface area is 296 Å². The molecule has 3 aliphatic heterocycles. The lowest BCUT2D eigenvalue weighted by molar-refractivity contribution is 0.00578. The largest absolute Gasteiger partial charge is 0.498 e. The Hall–Kier alpha value is -2.55. The molecule has 0 spiro atoms. The smallest absolute Gasteiger partial charge is 0.497 e. The molecule has 2 aromatic carbocycles. The molecule has 3 heterocycles. The van der Waals surface area contributed by atoms with Crippen LogP contribution >= 0.6 is 15.9 Å². The van der Waals surface area contributed by atoms with E-state index in [0.717, 1.165) is 9.94 Å². The third-order valence-electron chi connectivity index (χ3n) is 9.92. The molecule has 5 rings (SSSR count). The highest BCUT2D eigenvalue weighted by Crippen LogP contribution is 2.43. The number of ether oxygens (including phenoxy) is 2. The predicted molar refractivity (Wildman–Crippen MR) is 191 cm³/mol. The van der Waals surface area contributed by atoms with E-state index in [1.807, 2.05) is 95.2 Å². The highest BCUT2D eigenvalue weighted by molar-refractivity contribution is 9.10. The fourth-order valence-corrected chi connectivity index (χ4v) is 5.08. The molecule has 3 fully saturated rings. The van der Waals surface area contributed by atoms with Crippen LogP contribution in [0.1, 0.15) is 94.2 Å². The van der Waals surface area contributed by atoms with Gasteiger partial charge in [-0.15, -0.1) is 0 Å². The van der Waals surface area contributed by atoms with Crippen molar-refractivity contribution in [3.63, 3.8) is 0 Å². The third kappa shape index (κ3) is 8.42. The van der Waals surface area contributed by atoms with Crippen molar-refractivity contribution < 1.29 is 37.4 Å². The van der Waals surface area contributed by atoms with E-state index in [4.69, 9.17) is 47.9 Å². The van der Waals surface area contributed by atoms with E-state index in [1.54, 1.807) is 44.6 Å². The first kappa shape index (κ1) is 39.9. The first-order valence-corrected chi connectivity index (χ1v) is 16.6. The van der Waals surface area contributed by atoms with Crippen LogP contribution in [0.25, 0.3) is 0 Å². The van der Waals surface area contributed by atoms with Crippen molar-refractivity contribution in [2.24, 2.45) is 0 Å². The molecule has 0 aliphatic carbocycles. The van der Waals surface area contributed by atoms with E-state index in [2.05, 4.69) is 22.0 Å². The minimum atomic E-state index is -0.479. The predicted octanol–water partition coefficient (Wildman–Crippen LogP) is 6.44. The number of hydrogen-bond acceptors (Lipinski definition) is 10. The van der Waals surface area contributed by atoms with Crippen LogP contribution in [0.4, 0.5) is 0 Å². The topological polar surface area (TPSA) is 121 Å². The summed E-state index contributed by atoms with van der Waals surface area (Å²) in [5, 5.41) is 17.4. The number of nitrogens with zero attached hydrogens (tertiary/aromatic N) is 2. The fraction of sp³-hybridized carbons (Fsp3) is 0.588. The van der Waals surface area contributed by atoms with Crippen molar-refractivity contribution in [1.82, 2.24) is 0 Å². The second-order valence-electron chi connectivity index (χ2n) is 14.9. The Morgan fingerprint density at radius 3 is 1.23 bits per heavy atom. The molecule has 2 aromatic rings. The maximum absolute atomic E-state index is 8.91. The maximum atomic E-state index is 8.91. The van der Waals surface area contributed by atoms with Crippen molar-refractivity contribution >= 4 is 42.5 Å². The summed E-state index contributed by atoms with van der Waals surface area (Å²) in [5.74, 6) is 1.29. The SMILES string of the molecule is CC1(C)OB(B2OC(C)(C)C(C)(C)O2)OC1(C)C.COc1cc(C#N)ccc1B1OC(C)(C)C(C)(C)O1.COc1cc(C#N)ccc1Br. The molecule has 0 unspecified atom stereocenters. The van der Waals surface area contributed by atoms with Crippen molar-refractivity contribution in [3.05, 3.63) is 52.0 Å².